The number of carbonyl (C=O) groups is 1. The van der Waals surface area contributed by atoms with Gasteiger partial charge < -0.3 is 10.1 Å². The number of aromatic nitrogens is 2. The lowest BCUT2D eigenvalue weighted by Gasteiger charge is -2.12. The van der Waals surface area contributed by atoms with Gasteiger partial charge in [-0.25, -0.2) is 4.68 Å². The highest BCUT2D eigenvalue weighted by atomic mass is 35.5. The van der Waals surface area contributed by atoms with E-state index in [2.05, 4.69) is 10.4 Å². The van der Waals surface area contributed by atoms with Gasteiger partial charge in [0.05, 0.1) is 5.02 Å². The van der Waals surface area contributed by atoms with Crippen LogP contribution in [0.1, 0.15) is 21.6 Å². The quantitative estimate of drug-likeness (QED) is 0.736. The molecule has 3 aromatic rings. The maximum Gasteiger partial charge on any atom is 0.274 e. The van der Waals surface area contributed by atoms with Gasteiger partial charge in [-0.3, -0.25) is 4.79 Å². The third-order valence-corrected chi connectivity index (χ3v) is 4.29. The minimum Gasteiger partial charge on any atom is -0.470 e. The second-order valence-corrected chi connectivity index (χ2v) is 6.03. The highest BCUT2D eigenvalue weighted by molar-refractivity contribution is 6.32. The average Bonchev–Trinajstić information content (AvgIpc) is 3.07. The van der Waals surface area contributed by atoms with Crippen molar-refractivity contribution in [1.29, 1.82) is 0 Å². The highest BCUT2D eigenvalue weighted by Crippen LogP contribution is 2.23. The molecule has 0 saturated heterocycles. The summed E-state index contributed by atoms with van der Waals surface area (Å²) < 4.78 is 7.14. The van der Waals surface area contributed by atoms with Crippen LogP contribution in [0.2, 0.25) is 5.02 Å². The summed E-state index contributed by atoms with van der Waals surface area (Å²) in [7, 11) is 0. The first-order chi connectivity index (χ1) is 12.1. The van der Waals surface area contributed by atoms with Gasteiger partial charge in [-0.15, -0.1) is 0 Å². The van der Waals surface area contributed by atoms with Crippen LogP contribution in [0.4, 0.5) is 5.69 Å². The van der Waals surface area contributed by atoms with Gasteiger partial charge in [0.1, 0.15) is 11.4 Å². The normalized spacial score (nSPS) is 10.5. The van der Waals surface area contributed by atoms with Gasteiger partial charge in [0, 0.05) is 11.9 Å². The number of amides is 1. The molecule has 0 radical (unpaired) electrons. The summed E-state index contributed by atoms with van der Waals surface area (Å²) >= 11 is 6.07. The SMILES string of the molecule is Cc1cccc(NC(=O)c2ccnn2COc2ccccc2Cl)c1C. The maximum atomic E-state index is 12.6. The third-order valence-electron chi connectivity index (χ3n) is 3.98. The van der Waals surface area contributed by atoms with Gasteiger partial charge in [-0.05, 0) is 49.2 Å². The summed E-state index contributed by atoms with van der Waals surface area (Å²) in [6.45, 7) is 4.07. The number of nitrogens with zero attached hydrogens (tertiary/aromatic N) is 2. The van der Waals surface area contributed by atoms with Crippen LogP contribution in [0.3, 0.4) is 0 Å². The Bertz CT molecular complexity index is 905. The number of hydrogen-bond acceptors (Lipinski definition) is 3. The molecular weight excluding hydrogens is 338 g/mol. The zero-order valence-corrected chi connectivity index (χ0v) is 14.7. The van der Waals surface area contributed by atoms with E-state index in [-0.39, 0.29) is 12.6 Å². The van der Waals surface area contributed by atoms with Crippen LogP contribution in [0.25, 0.3) is 0 Å². The van der Waals surface area contributed by atoms with E-state index in [1.54, 1.807) is 24.4 Å². The van der Waals surface area contributed by atoms with Crippen LogP contribution in [-0.2, 0) is 6.73 Å². The van der Waals surface area contributed by atoms with Crippen LogP contribution >= 0.6 is 11.6 Å². The molecule has 0 spiro atoms. The third kappa shape index (κ3) is 3.83. The highest BCUT2D eigenvalue weighted by Gasteiger charge is 2.14. The van der Waals surface area contributed by atoms with Gasteiger partial charge >= 0.3 is 0 Å². The molecular formula is C19H18ClN3O2. The molecule has 5 nitrogen and oxygen atoms in total. The van der Waals surface area contributed by atoms with Crippen molar-refractivity contribution in [3.05, 3.63) is 76.6 Å². The standard InChI is InChI=1S/C19H18ClN3O2/c1-13-6-5-8-16(14(13)2)22-19(24)17-10-11-21-23(17)12-25-18-9-4-3-7-15(18)20/h3-11H,12H2,1-2H3,(H,22,24). The molecule has 25 heavy (non-hydrogen) atoms. The fourth-order valence-electron chi connectivity index (χ4n) is 2.39. The van der Waals surface area contributed by atoms with E-state index >= 15 is 0 Å². The topological polar surface area (TPSA) is 56.2 Å². The number of ether oxygens (including phenoxy) is 1. The van der Waals surface area contributed by atoms with Crippen molar-refractivity contribution in [2.75, 3.05) is 5.32 Å². The number of aryl methyl sites for hydroxylation is 1. The summed E-state index contributed by atoms with van der Waals surface area (Å²) in [6, 6.07) is 14.6. The van der Waals surface area contributed by atoms with Crippen molar-refractivity contribution >= 4 is 23.2 Å². The number of nitrogens with one attached hydrogen (secondary N) is 1. The zero-order chi connectivity index (χ0) is 17.8. The number of carbonyl (C=O) groups excluding carboxylic acids is 1. The average molecular weight is 356 g/mol. The van der Waals surface area contributed by atoms with Crippen LogP contribution in [0.15, 0.2) is 54.7 Å². The van der Waals surface area contributed by atoms with Crippen LogP contribution < -0.4 is 10.1 Å². The monoisotopic (exact) mass is 355 g/mol. The summed E-state index contributed by atoms with van der Waals surface area (Å²) in [4.78, 5) is 12.6. The predicted octanol–water partition coefficient (Wildman–Crippen LogP) is 4.44. The molecule has 0 saturated carbocycles. The van der Waals surface area contributed by atoms with Gasteiger partial charge in [0.2, 0.25) is 0 Å². The molecule has 0 fully saturated rings. The van der Waals surface area contributed by atoms with Crippen LogP contribution in [0, 0.1) is 13.8 Å². The Kier molecular flexibility index (Phi) is 5.05. The van der Waals surface area contributed by atoms with Crippen molar-refractivity contribution in [2.45, 2.75) is 20.6 Å². The van der Waals surface area contributed by atoms with Crippen molar-refractivity contribution in [3.8, 4) is 5.75 Å². The van der Waals surface area contributed by atoms with E-state index in [9.17, 15) is 4.79 Å². The molecule has 0 unspecified atom stereocenters. The lowest BCUT2D eigenvalue weighted by molar-refractivity contribution is 0.100. The molecule has 2 aromatic carbocycles. The van der Waals surface area contributed by atoms with E-state index in [0.29, 0.717) is 16.5 Å². The molecule has 0 aliphatic carbocycles. The molecule has 1 aromatic heterocycles. The van der Waals surface area contributed by atoms with E-state index in [0.717, 1.165) is 16.8 Å². The van der Waals surface area contributed by atoms with Crippen molar-refractivity contribution < 1.29 is 9.53 Å². The van der Waals surface area contributed by atoms with E-state index in [4.69, 9.17) is 16.3 Å². The Morgan fingerprint density at radius 2 is 1.96 bits per heavy atom. The fraction of sp³-hybridized carbons (Fsp3) is 0.158. The Balaban J connectivity index is 1.73. The van der Waals surface area contributed by atoms with Crippen LogP contribution in [0.5, 0.6) is 5.75 Å². The summed E-state index contributed by atoms with van der Waals surface area (Å²) in [5.41, 5.74) is 3.35. The predicted molar refractivity (Wildman–Crippen MR) is 98.2 cm³/mol. The number of anilines is 1. The molecule has 0 aliphatic heterocycles. The second kappa shape index (κ2) is 7.40. The lowest BCUT2D eigenvalue weighted by atomic mass is 10.1. The minimum atomic E-state index is -0.242. The van der Waals surface area contributed by atoms with Gasteiger partial charge in [0.15, 0.2) is 6.73 Å². The first kappa shape index (κ1) is 17.0. The fourth-order valence-corrected chi connectivity index (χ4v) is 2.58. The molecule has 0 aliphatic rings. The van der Waals surface area contributed by atoms with E-state index in [1.165, 1.54) is 4.68 Å². The molecule has 3 rings (SSSR count). The molecule has 0 atom stereocenters. The lowest BCUT2D eigenvalue weighted by Crippen LogP contribution is -2.20. The van der Waals surface area contributed by atoms with Crippen molar-refractivity contribution in [1.82, 2.24) is 9.78 Å². The molecule has 1 N–H and O–H groups in total. The number of benzene rings is 2. The molecule has 1 amide bonds. The second-order valence-electron chi connectivity index (χ2n) is 5.62. The number of hydrogen-bond donors (Lipinski definition) is 1. The summed E-state index contributed by atoms with van der Waals surface area (Å²) in [5, 5.41) is 7.58. The van der Waals surface area contributed by atoms with E-state index < -0.39 is 0 Å². The van der Waals surface area contributed by atoms with Crippen molar-refractivity contribution in [2.24, 2.45) is 0 Å². The molecule has 1 heterocycles. The number of halogens is 1. The number of para-hydroxylation sites is 1. The van der Waals surface area contributed by atoms with E-state index in [1.807, 2.05) is 44.2 Å². The smallest absolute Gasteiger partial charge is 0.274 e. The zero-order valence-electron chi connectivity index (χ0n) is 14.0. The van der Waals surface area contributed by atoms with Gasteiger partial charge in [-0.2, -0.15) is 5.10 Å². The molecule has 6 heteroatoms. The Hall–Kier alpha value is -2.79. The first-order valence-corrected chi connectivity index (χ1v) is 8.21. The van der Waals surface area contributed by atoms with Crippen molar-refractivity contribution in [3.63, 3.8) is 0 Å². The van der Waals surface area contributed by atoms with Gasteiger partial charge in [0.25, 0.3) is 5.91 Å². The Morgan fingerprint density at radius 1 is 1.16 bits per heavy atom. The minimum absolute atomic E-state index is 0.0896. The van der Waals surface area contributed by atoms with Gasteiger partial charge in [-0.1, -0.05) is 35.9 Å². The maximum absolute atomic E-state index is 12.6. The summed E-state index contributed by atoms with van der Waals surface area (Å²) in [5.74, 6) is 0.300. The van der Waals surface area contributed by atoms with Crippen LogP contribution in [-0.4, -0.2) is 15.7 Å². The largest absolute Gasteiger partial charge is 0.470 e. The Morgan fingerprint density at radius 3 is 2.76 bits per heavy atom. The molecule has 128 valence electrons. The first-order valence-electron chi connectivity index (χ1n) is 7.83. The summed E-state index contributed by atoms with van der Waals surface area (Å²) in [6.07, 6.45) is 1.56. The molecule has 0 bridgehead atoms. The number of rotatable bonds is 5. The Labute approximate surface area is 151 Å².